The average molecular weight is 376 g/mol. The Hall–Kier alpha value is -3.12. The van der Waals surface area contributed by atoms with Gasteiger partial charge in [-0.15, -0.1) is 0 Å². The molecule has 0 bridgehead atoms. The largest absolute Gasteiger partial charge is 0.481 e. The van der Waals surface area contributed by atoms with Gasteiger partial charge in [0.1, 0.15) is 5.52 Å². The van der Waals surface area contributed by atoms with Crippen LogP contribution in [0.1, 0.15) is 24.1 Å². The van der Waals surface area contributed by atoms with Crippen molar-refractivity contribution in [2.24, 2.45) is 12.8 Å². The maximum atomic E-state index is 12.6. The predicted molar refractivity (Wildman–Crippen MR) is 113 cm³/mol. The van der Waals surface area contributed by atoms with E-state index in [-0.39, 0.29) is 5.56 Å². The van der Waals surface area contributed by atoms with Crippen LogP contribution in [0.2, 0.25) is 0 Å². The molecule has 0 aliphatic carbocycles. The Kier molecular flexibility index (Phi) is 4.43. The first-order valence-corrected chi connectivity index (χ1v) is 9.32. The highest BCUT2D eigenvalue weighted by molar-refractivity contribution is 6.13. The lowest BCUT2D eigenvalue weighted by molar-refractivity contribution is 0.399. The fourth-order valence-electron chi connectivity index (χ4n) is 3.82. The van der Waals surface area contributed by atoms with E-state index in [9.17, 15) is 4.79 Å². The van der Waals surface area contributed by atoms with Crippen LogP contribution >= 0.6 is 0 Å². The monoisotopic (exact) mass is 376 g/mol. The maximum Gasteiger partial charge on any atom is 0.272 e. The van der Waals surface area contributed by atoms with Crippen LogP contribution in [0.4, 0.5) is 0 Å². The highest BCUT2D eigenvalue weighted by atomic mass is 16.5. The zero-order valence-corrected chi connectivity index (χ0v) is 16.5. The molecule has 3 N–H and O–H groups in total. The van der Waals surface area contributed by atoms with Crippen molar-refractivity contribution in [2.45, 2.75) is 19.8 Å². The first-order chi connectivity index (χ1) is 13.5. The van der Waals surface area contributed by atoms with Crippen molar-refractivity contribution < 1.29 is 4.74 Å². The van der Waals surface area contributed by atoms with Gasteiger partial charge in [0.05, 0.1) is 23.9 Å². The molecule has 0 saturated heterocycles. The van der Waals surface area contributed by atoms with Gasteiger partial charge in [-0.05, 0) is 36.6 Å². The molecule has 3 heterocycles. The summed E-state index contributed by atoms with van der Waals surface area (Å²) in [4.78, 5) is 20.3. The van der Waals surface area contributed by atoms with Gasteiger partial charge in [-0.1, -0.05) is 31.2 Å². The first-order valence-electron chi connectivity index (χ1n) is 9.32. The highest BCUT2D eigenvalue weighted by Gasteiger charge is 2.20. The number of hydrogen-bond donors (Lipinski definition) is 2. The van der Waals surface area contributed by atoms with Gasteiger partial charge in [0.25, 0.3) is 5.56 Å². The Bertz CT molecular complexity index is 1240. The van der Waals surface area contributed by atoms with Gasteiger partial charge in [-0.3, -0.25) is 4.79 Å². The van der Waals surface area contributed by atoms with Crippen molar-refractivity contribution in [3.8, 4) is 17.0 Å². The number of benzene rings is 1. The SMILES string of the molecule is COc1nc(C)c2[nH]c(=O)c3c(ccn3C)c2c1-c1ccc(C(C)CN)cc1. The molecule has 0 spiro atoms. The number of ether oxygens (including phenoxy) is 1. The van der Waals surface area contributed by atoms with E-state index in [0.717, 1.165) is 33.1 Å². The highest BCUT2D eigenvalue weighted by Crippen LogP contribution is 2.39. The van der Waals surface area contributed by atoms with E-state index in [1.807, 2.05) is 30.8 Å². The summed E-state index contributed by atoms with van der Waals surface area (Å²) >= 11 is 0. The summed E-state index contributed by atoms with van der Waals surface area (Å²) in [7, 11) is 3.49. The lowest BCUT2D eigenvalue weighted by Crippen LogP contribution is -2.11. The van der Waals surface area contributed by atoms with Crippen molar-refractivity contribution in [1.29, 1.82) is 0 Å². The Balaban J connectivity index is 2.11. The van der Waals surface area contributed by atoms with Gasteiger partial charge >= 0.3 is 0 Å². The van der Waals surface area contributed by atoms with Gasteiger partial charge in [-0.2, -0.15) is 0 Å². The number of fused-ring (bicyclic) bond motifs is 3. The first kappa shape index (κ1) is 18.3. The van der Waals surface area contributed by atoms with Gasteiger partial charge in [0.2, 0.25) is 5.88 Å². The van der Waals surface area contributed by atoms with Gasteiger partial charge in [0.15, 0.2) is 0 Å². The Morgan fingerprint density at radius 3 is 2.61 bits per heavy atom. The molecular formula is C22H24N4O2. The molecular weight excluding hydrogens is 352 g/mol. The molecule has 3 aromatic heterocycles. The zero-order chi connectivity index (χ0) is 20.0. The number of pyridine rings is 2. The van der Waals surface area contributed by atoms with Crippen molar-refractivity contribution in [3.63, 3.8) is 0 Å². The summed E-state index contributed by atoms with van der Waals surface area (Å²) in [6.07, 6.45) is 1.90. The van der Waals surface area contributed by atoms with Gasteiger partial charge in [0, 0.05) is 24.0 Å². The summed E-state index contributed by atoms with van der Waals surface area (Å²) in [5, 5.41) is 1.83. The van der Waals surface area contributed by atoms with E-state index in [1.165, 1.54) is 5.56 Å². The number of nitrogens with zero attached hydrogens (tertiary/aromatic N) is 2. The smallest absolute Gasteiger partial charge is 0.272 e. The third kappa shape index (κ3) is 2.68. The molecule has 0 aliphatic rings. The van der Waals surface area contributed by atoms with E-state index in [2.05, 4.69) is 41.2 Å². The van der Waals surface area contributed by atoms with E-state index >= 15 is 0 Å². The fraction of sp³-hybridized carbons (Fsp3) is 0.273. The standard InChI is InChI=1S/C22H24N4O2/c1-12(11-23)14-5-7-15(8-6-14)17-18-16-9-10-26(3)20(16)21(27)25-19(18)13(2)24-22(17)28-4/h5-10,12H,11,23H2,1-4H3,(H,25,27). The van der Waals surface area contributed by atoms with E-state index in [1.54, 1.807) is 7.11 Å². The van der Waals surface area contributed by atoms with Crippen LogP contribution in [0.5, 0.6) is 5.88 Å². The minimum Gasteiger partial charge on any atom is -0.481 e. The van der Waals surface area contributed by atoms with Crippen LogP contribution < -0.4 is 16.0 Å². The molecule has 0 fully saturated rings. The lowest BCUT2D eigenvalue weighted by Gasteiger charge is -2.15. The molecule has 1 aromatic carbocycles. The predicted octanol–water partition coefficient (Wildman–Crippen LogP) is 3.46. The molecule has 6 nitrogen and oxygen atoms in total. The normalized spacial score (nSPS) is 12.6. The number of nitrogens with two attached hydrogens (primary N) is 1. The number of aromatic nitrogens is 3. The quantitative estimate of drug-likeness (QED) is 0.571. The fourth-order valence-corrected chi connectivity index (χ4v) is 3.82. The molecule has 6 heteroatoms. The Morgan fingerprint density at radius 2 is 1.96 bits per heavy atom. The number of methoxy groups -OCH3 is 1. The number of aromatic amines is 1. The molecule has 0 amide bonds. The average Bonchev–Trinajstić information content (AvgIpc) is 3.10. The number of nitrogens with one attached hydrogen (secondary N) is 1. The van der Waals surface area contributed by atoms with Crippen molar-refractivity contribution in [3.05, 3.63) is 58.1 Å². The van der Waals surface area contributed by atoms with E-state index < -0.39 is 0 Å². The molecule has 28 heavy (non-hydrogen) atoms. The molecule has 1 atom stereocenters. The second-order valence-corrected chi connectivity index (χ2v) is 7.23. The lowest BCUT2D eigenvalue weighted by atomic mass is 9.95. The Labute approximate surface area is 163 Å². The van der Waals surface area contributed by atoms with Crippen LogP contribution in [-0.2, 0) is 7.05 Å². The van der Waals surface area contributed by atoms with Crippen molar-refractivity contribution in [2.75, 3.05) is 13.7 Å². The summed E-state index contributed by atoms with van der Waals surface area (Å²) in [5.74, 6) is 0.836. The second-order valence-electron chi connectivity index (χ2n) is 7.23. The zero-order valence-electron chi connectivity index (χ0n) is 16.5. The van der Waals surface area contributed by atoms with Crippen LogP contribution in [0.3, 0.4) is 0 Å². The van der Waals surface area contributed by atoms with Crippen LogP contribution in [0.15, 0.2) is 41.3 Å². The maximum absolute atomic E-state index is 12.6. The van der Waals surface area contributed by atoms with Crippen molar-refractivity contribution in [1.82, 2.24) is 14.5 Å². The summed E-state index contributed by atoms with van der Waals surface area (Å²) in [5.41, 5.74) is 10.8. The van der Waals surface area contributed by atoms with Crippen LogP contribution in [0.25, 0.3) is 32.9 Å². The summed E-state index contributed by atoms with van der Waals surface area (Å²) in [6, 6.07) is 10.3. The third-order valence-electron chi connectivity index (χ3n) is 5.46. The molecule has 1 unspecified atom stereocenters. The molecule has 4 rings (SSSR count). The number of H-pyrrole nitrogens is 1. The van der Waals surface area contributed by atoms with Crippen LogP contribution in [-0.4, -0.2) is 28.2 Å². The molecule has 0 saturated carbocycles. The molecule has 144 valence electrons. The molecule has 4 aromatic rings. The topological polar surface area (TPSA) is 85.9 Å². The number of aryl methyl sites for hydroxylation is 2. The Morgan fingerprint density at radius 1 is 1.25 bits per heavy atom. The minimum atomic E-state index is -0.122. The summed E-state index contributed by atoms with van der Waals surface area (Å²) in [6.45, 7) is 4.59. The number of rotatable bonds is 4. The third-order valence-corrected chi connectivity index (χ3v) is 5.46. The number of hydrogen-bond acceptors (Lipinski definition) is 4. The van der Waals surface area contributed by atoms with Gasteiger partial charge in [-0.25, -0.2) is 4.98 Å². The second kappa shape index (κ2) is 6.80. The summed E-state index contributed by atoms with van der Waals surface area (Å²) < 4.78 is 7.48. The van der Waals surface area contributed by atoms with Crippen LogP contribution in [0, 0.1) is 6.92 Å². The molecule has 0 radical (unpaired) electrons. The molecule has 0 aliphatic heterocycles. The van der Waals surface area contributed by atoms with E-state index in [0.29, 0.717) is 23.9 Å². The minimum absolute atomic E-state index is 0.122. The van der Waals surface area contributed by atoms with Gasteiger partial charge < -0.3 is 20.0 Å². The van der Waals surface area contributed by atoms with Crippen molar-refractivity contribution >= 4 is 21.8 Å². The van der Waals surface area contributed by atoms with E-state index in [4.69, 9.17) is 10.5 Å².